The molecule has 0 bridgehead atoms. The van der Waals surface area contributed by atoms with Gasteiger partial charge in [-0.3, -0.25) is 0 Å². The van der Waals surface area contributed by atoms with E-state index in [2.05, 4.69) is 4.72 Å². The second-order valence-electron chi connectivity index (χ2n) is 5.01. The van der Waals surface area contributed by atoms with E-state index >= 15 is 0 Å². The molecule has 0 amide bonds. The zero-order chi connectivity index (χ0) is 15.3. The molecule has 1 N–H and O–H groups in total. The van der Waals surface area contributed by atoms with Crippen LogP contribution in [0, 0.1) is 0 Å². The van der Waals surface area contributed by atoms with E-state index in [0.717, 1.165) is 18.4 Å². The first-order valence-electron chi connectivity index (χ1n) is 6.97. The molecule has 7 heteroatoms. The van der Waals surface area contributed by atoms with Crippen LogP contribution in [0.2, 0.25) is 0 Å². The van der Waals surface area contributed by atoms with Gasteiger partial charge in [-0.05, 0) is 30.5 Å². The van der Waals surface area contributed by atoms with Gasteiger partial charge in [0.15, 0.2) is 0 Å². The zero-order valence-electron chi connectivity index (χ0n) is 12.4. The summed E-state index contributed by atoms with van der Waals surface area (Å²) in [5, 5.41) is 0. The van der Waals surface area contributed by atoms with Crippen molar-refractivity contribution in [2.75, 3.05) is 33.9 Å². The summed E-state index contributed by atoms with van der Waals surface area (Å²) in [6, 6.07) is 6.90. The van der Waals surface area contributed by atoms with Crippen molar-refractivity contribution in [3.63, 3.8) is 0 Å². The number of methoxy groups -OCH3 is 2. The number of hydrogen-bond donors (Lipinski definition) is 1. The highest BCUT2D eigenvalue weighted by Crippen LogP contribution is 2.21. The molecule has 21 heavy (non-hydrogen) atoms. The predicted octanol–water partition coefficient (Wildman–Crippen LogP) is 1.31. The van der Waals surface area contributed by atoms with Gasteiger partial charge in [0, 0.05) is 20.2 Å². The fourth-order valence-corrected chi connectivity index (χ4v) is 3.86. The van der Waals surface area contributed by atoms with E-state index < -0.39 is 16.3 Å². The Morgan fingerprint density at radius 3 is 2.62 bits per heavy atom. The Bertz CT molecular complexity index is 556. The minimum Gasteiger partial charge on any atom is -0.497 e. The van der Waals surface area contributed by atoms with Crippen LogP contribution in [0.25, 0.3) is 0 Å². The van der Waals surface area contributed by atoms with Gasteiger partial charge < -0.3 is 9.47 Å². The largest absolute Gasteiger partial charge is 0.497 e. The molecule has 0 radical (unpaired) electrons. The van der Waals surface area contributed by atoms with Gasteiger partial charge in [-0.1, -0.05) is 12.1 Å². The van der Waals surface area contributed by atoms with E-state index in [9.17, 15) is 8.42 Å². The fraction of sp³-hybridized carbons (Fsp3) is 0.571. The van der Waals surface area contributed by atoms with Crippen molar-refractivity contribution in [2.24, 2.45) is 0 Å². The third kappa shape index (κ3) is 4.16. The molecule has 1 saturated heterocycles. The molecule has 1 atom stereocenters. The van der Waals surface area contributed by atoms with Crippen LogP contribution in [0.1, 0.15) is 24.4 Å². The third-order valence-electron chi connectivity index (χ3n) is 3.53. The molecule has 1 aromatic carbocycles. The minimum atomic E-state index is -3.49. The van der Waals surface area contributed by atoms with Gasteiger partial charge in [0.05, 0.1) is 19.8 Å². The summed E-state index contributed by atoms with van der Waals surface area (Å²) in [5.74, 6) is 0.689. The predicted molar refractivity (Wildman–Crippen MR) is 80.5 cm³/mol. The highest BCUT2D eigenvalue weighted by molar-refractivity contribution is 7.87. The van der Waals surface area contributed by atoms with Crippen LogP contribution >= 0.6 is 0 Å². The summed E-state index contributed by atoms with van der Waals surface area (Å²) in [4.78, 5) is 0. The summed E-state index contributed by atoms with van der Waals surface area (Å²) >= 11 is 0. The van der Waals surface area contributed by atoms with Crippen LogP contribution in [-0.4, -0.2) is 46.6 Å². The summed E-state index contributed by atoms with van der Waals surface area (Å²) < 4.78 is 39.3. The van der Waals surface area contributed by atoms with Crippen molar-refractivity contribution in [1.29, 1.82) is 0 Å². The Balaban J connectivity index is 2.18. The number of hydrogen-bond acceptors (Lipinski definition) is 4. The molecule has 0 saturated carbocycles. The molecule has 1 aromatic rings. The average molecular weight is 314 g/mol. The Labute approximate surface area is 126 Å². The molecule has 0 spiro atoms. The van der Waals surface area contributed by atoms with Gasteiger partial charge >= 0.3 is 0 Å². The van der Waals surface area contributed by atoms with Crippen molar-refractivity contribution in [2.45, 2.75) is 18.9 Å². The lowest BCUT2D eigenvalue weighted by Gasteiger charge is -2.23. The molecule has 1 fully saturated rings. The summed E-state index contributed by atoms with van der Waals surface area (Å²) in [7, 11) is -0.352. The van der Waals surface area contributed by atoms with E-state index in [4.69, 9.17) is 9.47 Å². The molecule has 0 unspecified atom stereocenters. The highest BCUT2D eigenvalue weighted by Gasteiger charge is 2.28. The van der Waals surface area contributed by atoms with Gasteiger partial charge in [0.1, 0.15) is 5.75 Å². The fourth-order valence-electron chi connectivity index (χ4n) is 2.41. The highest BCUT2D eigenvalue weighted by atomic mass is 32.2. The third-order valence-corrected chi connectivity index (χ3v) is 5.15. The van der Waals surface area contributed by atoms with Crippen molar-refractivity contribution in [3.05, 3.63) is 29.8 Å². The normalized spacial score (nSPS) is 17.8. The Morgan fingerprint density at radius 1 is 1.29 bits per heavy atom. The van der Waals surface area contributed by atoms with Gasteiger partial charge in [0.25, 0.3) is 10.2 Å². The molecule has 118 valence electrons. The molecule has 1 aliphatic heterocycles. The first-order valence-corrected chi connectivity index (χ1v) is 8.41. The van der Waals surface area contributed by atoms with E-state index in [1.54, 1.807) is 14.2 Å². The SMILES string of the molecule is COC[C@H](NS(=O)(=O)N1CCCC1)c1cccc(OC)c1. The lowest BCUT2D eigenvalue weighted by molar-refractivity contribution is 0.174. The lowest BCUT2D eigenvalue weighted by Crippen LogP contribution is -2.41. The van der Waals surface area contributed by atoms with E-state index in [-0.39, 0.29) is 6.61 Å². The first kappa shape index (κ1) is 16.2. The van der Waals surface area contributed by atoms with Crippen molar-refractivity contribution in [3.8, 4) is 5.75 Å². The Morgan fingerprint density at radius 2 is 2.00 bits per heavy atom. The topological polar surface area (TPSA) is 67.9 Å². The summed E-state index contributed by atoms with van der Waals surface area (Å²) in [5.41, 5.74) is 0.818. The second kappa shape index (κ2) is 7.22. The first-order chi connectivity index (χ1) is 10.1. The van der Waals surface area contributed by atoms with Gasteiger partial charge in [-0.25, -0.2) is 0 Å². The standard InChI is InChI=1S/C14H22N2O4S/c1-19-11-14(12-6-5-7-13(10-12)20-2)15-21(17,18)16-8-3-4-9-16/h5-7,10,14-15H,3-4,8-9,11H2,1-2H3/t14-/m0/s1. The van der Waals surface area contributed by atoms with Crippen LogP contribution in [-0.2, 0) is 14.9 Å². The molecular weight excluding hydrogens is 292 g/mol. The van der Waals surface area contributed by atoms with Crippen LogP contribution in [0.4, 0.5) is 0 Å². The second-order valence-corrected chi connectivity index (χ2v) is 6.72. The maximum Gasteiger partial charge on any atom is 0.280 e. The molecule has 1 aliphatic rings. The number of nitrogens with zero attached hydrogens (tertiary/aromatic N) is 1. The number of ether oxygens (including phenoxy) is 2. The quantitative estimate of drug-likeness (QED) is 0.824. The van der Waals surface area contributed by atoms with Crippen LogP contribution in [0.3, 0.4) is 0 Å². The summed E-state index contributed by atoms with van der Waals surface area (Å²) in [6.45, 7) is 1.42. The monoisotopic (exact) mass is 314 g/mol. The minimum absolute atomic E-state index is 0.264. The molecule has 1 heterocycles. The molecular formula is C14H22N2O4S. The molecule has 0 aliphatic carbocycles. The van der Waals surface area contributed by atoms with Crippen LogP contribution < -0.4 is 9.46 Å². The Kier molecular flexibility index (Phi) is 5.58. The van der Waals surface area contributed by atoms with Crippen molar-refractivity contribution >= 4 is 10.2 Å². The molecule has 6 nitrogen and oxygen atoms in total. The number of rotatable bonds is 7. The van der Waals surface area contributed by atoms with Crippen molar-refractivity contribution in [1.82, 2.24) is 9.03 Å². The molecule has 2 rings (SSSR count). The van der Waals surface area contributed by atoms with E-state index in [0.29, 0.717) is 18.8 Å². The van der Waals surface area contributed by atoms with E-state index in [1.165, 1.54) is 4.31 Å². The smallest absolute Gasteiger partial charge is 0.280 e. The van der Waals surface area contributed by atoms with Gasteiger partial charge in [-0.15, -0.1) is 0 Å². The zero-order valence-corrected chi connectivity index (χ0v) is 13.2. The lowest BCUT2D eigenvalue weighted by atomic mass is 10.1. The van der Waals surface area contributed by atoms with Gasteiger partial charge in [-0.2, -0.15) is 17.4 Å². The van der Waals surface area contributed by atoms with E-state index in [1.807, 2.05) is 24.3 Å². The van der Waals surface area contributed by atoms with Crippen LogP contribution in [0.5, 0.6) is 5.75 Å². The van der Waals surface area contributed by atoms with Gasteiger partial charge in [0.2, 0.25) is 0 Å². The maximum atomic E-state index is 12.4. The van der Waals surface area contributed by atoms with Crippen molar-refractivity contribution < 1.29 is 17.9 Å². The summed E-state index contributed by atoms with van der Waals surface area (Å²) in [6.07, 6.45) is 1.82. The number of benzene rings is 1. The number of nitrogens with one attached hydrogen (secondary N) is 1. The molecule has 0 aromatic heterocycles. The Hall–Kier alpha value is -1.15. The average Bonchev–Trinajstić information content (AvgIpc) is 3.02. The maximum absolute atomic E-state index is 12.4. The van der Waals surface area contributed by atoms with Crippen LogP contribution in [0.15, 0.2) is 24.3 Å².